The fourth-order valence-corrected chi connectivity index (χ4v) is 5.14. The lowest BCUT2D eigenvalue weighted by Gasteiger charge is -2.37. The molecule has 4 rings (SSSR count). The number of urea groups is 1. The first-order chi connectivity index (χ1) is 17.5. The summed E-state index contributed by atoms with van der Waals surface area (Å²) in [5, 5.41) is 4.93. The third kappa shape index (κ3) is 6.07. The Bertz CT molecular complexity index is 1210. The smallest absolute Gasteiger partial charge is 0.322 e. The second kappa shape index (κ2) is 11.8. The van der Waals surface area contributed by atoms with Crippen LogP contribution in [0.1, 0.15) is 22.0 Å². The van der Waals surface area contributed by atoms with Crippen LogP contribution in [0.2, 0.25) is 0 Å². The van der Waals surface area contributed by atoms with Crippen molar-refractivity contribution in [3.8, 4) is 11.5 Å². The number of rotatable bonds is 9. The standard InChI is InChI=1S/C28H31N3O4S/c1-4-14-30(28(33)29-21-10-8-20(2)9-11-21)18-27(32)31-15-12-26-24(13-16-36-26)25(31)19-35-23-7-5-6-22(17-23)34-3/h4-11,13,16-17,25H,1,12,14-15,18-19H2,2-3H3,(H,29,33)/t25-/m1/s1. The quantitative estimate of drug-likeness (QED) is 0.401. The minimum atomic E-state index is -0.343. The molecule has 36 heavy (non-hydrogen) atoms. The van der Waals surface area contributed by atoms with Crippen molar-refractivity contribution in [2.45, 2.75) is 19.4 Å². The molecule has 1 atom stereocenters. The monoisotopic (exact) mass is 505 g/mol. The molecule has 1 aromatic heterocycles. The Morgan fingerprint density at radius 3 is 2.72 bits per heavy atom. The number of nitrogens with one attached hydrogen (secondary N) is 1. The molecule has 0 saturated heterocycles. The third-order valence-corrected chi connectivity index (χ3v) is 7.13. The molecule has 1 aliphatic heterocycles. The lowest BCUT2D eigenvalue weighted by molar-refractivity contribution is -0.135. The second-order valence-corrected chi connectivity index (χ2v) is 9.61. The van der Waals surface area contributed by atoms with Crippen molar-refractivity contribution in [1.29, 1.82) is 0 Å². The van der Waals surface area contributed by atoms with E-state index in [1.165, 1.54) is 9.78 Å². The van der Waals surface area contributed by atoms with Crippen LogP contribution in [-0.2, 0) is 11.2 Å². The number of benzene rings is 2. The molecule has 0 fully saturated rings. The highest BCUT2D eigenvalue weighted by molar-refractivity contribution is 7.10. The summed E-state index contributed by atoms with van der Waals surface area (Å²) in [4.78, 5) is 31.1. The van der Waals surface area contributed by atoms with E-state index in [9.17, 15) is 9.59 Å². The minimum Gasteiger partial charge on any atom is -0.497 e. The zero-order chi connectivity index (χ0) is 25.5. The van der Waals surface area contributed by atoms with Crippen LogP contribution in [0.5, 0.6) is 11.5 Å². The van der Waals surface area contributed by atoms with Gasteiger partial charge in [0.2, 0.25) is 5.91 Å². The first-order valence-corrected chi connectivity index (χ1v) is 12.7. The second-order valence-electron chi connectivity index (χ2n) is 8.61. The molecule has 0 bridgehead atoms. The molecule has 2 aromatic carbocycles. The molecule has 0 unspecified atom stereocenters. The summed E-state index contributed by atoms with van der Waals surface area (Å²) in [7, 11) is 1.61. The summed E-state index contributed by atoms with van der Waals surface area (Å²) in [6.45, 7) is 6.82. The summed E-state index contributed by atoms with van der Waals surface area (Å²) in [6.07, 6.45) is 2.41. The van der Waals surface area contributed by atoms with Gasteiger partial charge < -0.3 is 24.6 Å². The van der Waals surface area contributed by atoms with Crippen molar-refractivity contribution in [1.82, 2.24) is 9.80 Å². The van der Waals surface area contributed by atoms with Gasteiger partial charge in [0, 0.05) is 29.7 Å². The van der Waals surface area contributed by atoms with E-state index in [0.29, 0.717) is 30.3 Å². The van der Waals surface area contributed by atoms with Crippen LogP contribution in [-0.4, -0.2) is 55.1 Å². The molecule has 3 aromatic rings. The van der Waals surface area contributed by atoms with E-state index in [4.69, 9.17) is 9.47 Å². The summed E-state index contributed by atoms with van der Waals surface area (Å²) < 4.78 is 11.4. The maximum absolute atomic E-state index is 13.5. The van der Waals surface area contributed by atoms with E-state index >= 15 is 0 Å². The third-order valence-electron chi connectivity index (χ3n) is 6.13. The number of hydrogen-bond acceptors (Lipinski definition) is 5. The van der Waals surface area contributed by atoms with Crippen LogP contribution in [0, 0.1) is 6.92 Å². The van der Waals surface area contributed by atoms with E-state index in [2.05, 4.69) is 23.3 Å². The summed E-state index contributed by atoms with van der Waals surface area (Å²) >= 11 is 1.70. The molecule has 3 amide bonds. The number of methoxy groups -OCH3 is 1. The van der Waals surface area contributed by atoms with Gasteiger partial charge in [0.25, 0.3) is 0 Å². The fraction of sp³-hybridized carbons (Fsp3) is 0.286. The zero-order valence-electron chi connectivity index (χ0n) is 20.6. The van der Waals surface area contributed by atoms with Crippen LogP contribution in [0.4, 0.5) is 10.5 Å². The van der Waals surface area contributed by atoms with Crippen LogP contribution in [0.25, 0.3) is 0 Å². The average Bonchev–Trinajstić information content (AvgIpc) is 3.37. The van der Waals surface area contributed by atoms with E-state index in [1.54, 1.807) is 24.5 Å². The summed E-state index contributed by atoms with van der Waals surface area (Å²) in [6, 6.07) is 16.4. The van der Waals surface area contributed by atoms with E-state index in [-0.39, 0.29) is 31.1 Å². The van der Waals surface area contributed by atoms with Crippen LogP contribution in [0.3, 0.4) is 0 Å². The number of amides is 3. The molecule has 1 aliphatic rings. The number of thiophene rings is 1. The van der Waals surface area contributed by atoms with Crippen molar-refractivity contribution in [3.63, 3.8) is 0 Å². The molecule has 0 saturated carbocycles. The van der Waals surface area contributed by atoms with Gasteiger partial charge in [0.1, 0.15) is 24.7 Å². The summed E-state index contributed by atoms with van der Waals surface area (Å²) in [5.74, 6) is 1.25. The van der Waals surface area contributed by atoms with Crippen molar-refractivity contribution in [2.24, 2.45) is 0 Å². The number of fused-ring (bicyclic) bond motifs is 1. The van der Waals surface area contributed by atoms with Gasteiger partial charge in [-0.3, -0.25) is 4.79 Å². The molecule has 0 spiro atoms. The first kappa shape index (κ1) is 25.3. The van der Waals surface area contributed by atoms with Crippen LogP contribution < -0.4 is 14.8 Å². The minimum absolute atomic E-state index is 0.0567. The number of hydrogen-bond donors (Lipinski definition) is 1. The SMILES string of the molecule is C=CCN(CC(=O)N1CCc2sccc2[C@H]1COc1cccc(OC)c1)C(=O)Nc1ccc(C)cc1. The number of anilines is 1. The Balaban J connectivity index is 1.48. The molecule has 0 radical (unpaired) electrons. The number of carbonyl (C=O) groups is 2. The highest BCUT2D eigenvalue weighted by atomic mass is 32.1. The van der Waals surface area contributed by atoms with E-state index in [1.807, 2.05) is 60.4 Å². The topological polar surface area (TPSA) is 71.1 Å². The number of carbonyl (C=O) groups excluding carboxylic acids is 2. The van der Waals surface area contributed by atoms with Gasteiger partial charge in [-0.15, -0.1) is 17.9 Å². The van der Waals surface area contributed by atoms with Crippen LogP contribution in [0.15, 0.2) is 72.6 Å². The maximum Gasteiger partial charge on any atom is 0.322 e. The van der Waals surface area contributed by atoms with Gasteiger partial charge in [-0.2, -0.15) is 0 Å². The molecule has 8 heteroatoms. The molecule has 188 valence electrons. The lowest BCUT2D eigenvalue weighted by atomic mass is 10.0. The maximum atomic E-state index is 13.5. The Hall–Kier alpha value is -3.78. The lowest BCUT2D eigenvalue weighted by Crippen LogP contribution is -2.48. The number of ether oxygens (including phenoxy) is 2. The molecule has 0 aliphatic carbocycles. The van der Waals surface area contributed by atoms with Crippen LogP contribution >= 0.6 is 11.3 Å². The molecule has 1 N–H and O–H groups in total. The number of aryl methyl sites for hydroxylation is 1. The predicted octanol–water partition coefficient (Wildman–Crippen LogP) is 5.29. The Morgan fingerprint density at radius 1 is 1.19 bits per heavy atom. The highest BCUT2D eigenvalue weighted by Crippen LogP contribution is 2.34. The Morgan fingerprint density at radius 2 is 1.97 bits per heavy atom. The van der Waals surface area contributed by atoms with Gasteiger partial charge >= 0.3 is 6.03 Å². The Labute approximate surface area is 215 Å². The van der Waals surface area contributed by atoms with Crippen molar-refractivity contribution >= 4 is 29.0 Å². The number of nitrogens with zero attached hydrogens (tertiary/aromatic N) is 2. The van der Waals surface area contributed by atoms with Gasteiger partial charge in [0.15, 0.2) is 0 Å². The normalized spacial score (nSPS) is 14.5. The van der Waals surface area contributed by atoms with Crippen molar-refractivity contribution in [3.05, 3.63) is 88.6 Å². The average molecular weight is 506 g/mol. The van der Waals surface area contributed by atoms with Gasteiger partial charge in [-0.1, -0.05) is 29.8 Å². The van der Waals surface area contributed by atoms with E-state index in [0.717, 1.165) is 17.5 Å². The molecular weight excluding hydrogens is 474 g/mol. The van der Waals surface area contributed by atoms with Crippen molar-refractivity contribution < 1.29 is 19.1 Å². The summed E-state index contributed by atoms with van der Waals surface area (Å²) in [5.41, 5.74) is 2.88. The largest absolute Gasteiger partial charge is 0.497 e. The van der Waals surface area contributed by atoms with Gasteiger partial charge in [-0.25, -0.2) is 4.79 Å². The van der Waals surface area contributed by atoms with E-state index < -0.39 is 0 Å². The molecule has 7 nitrogen and oxygen atoms in total. The highest BCUT2D eigenvalue weighted by Gasteiger charge is 2.33. The molecular formula is C28H31N3O4S. The van der Waals surface area contributed by atoms with Crippen molar-refractivity contribution in [2.75, 3.05) is 38.7 Å². The fourth-order valence-electron chi connectivity index (χ4n) is 4.21. The van der Waals surface area contributed by atoms with Gasteiger partial charge in [0.05, 0.1) is 13.2 Å². The Kier molecular flexibility index (Phi) is 8.28. The zero-order valence-corrected chi connectivity index (χ0v) is 21.4. The van der Waals surface area contributed by atoms with Gasteiger partial charge in [-0.05, 0) is 54.6 Å². The molecule has 2 heterocycles. The predicted molar refractivity (Wildman–Crippen MR) is 143 cm³/mol. The first-order valence-electron chi connectivity index (χ1n) is 11.8.